The number of alkyl halides is 3. The van der Waals surface area contributed by atoms with Crippen LogP contribution in [-0.4, -0.2) is 40.5 Å². The van der Waals surface area contributed by atoms with Crippen molar-refractivity contribution in [2.45, 2.75) is 25.1 Å². The highest BCUT2D eigenvalue weighted by Crippen LogP contribution is 2.27. The molecule has 20 heavy (non-hydrogen) atoms. The van der Waals surface area contributed by atoms with E-state index in [1.54, 1.807) is 0 Å². The first kappa shape index (κ1) is 14.8. The van der Waals surface area contributed by atoms with Crippen molar-refractivity contribution in [3.05, 3.63) is 30.6 Å². The zero-order valence-electron chi connectivity index (χ0n) is 11.0. The molecule has 0 unspecified atom stereocenters. The molecule has 0 amide bonds. The van der Waals surface area contributed by atoms with Gasteiger partial charge in [0.25, 0.3) is 0 Å². The molecule has 110 valence electrons. The molecule has 4 nitrogen and oxygen atoms in total. The van der Waals surface area contributed by atoms with Crippen LogP contribution < -0.4 is 5.32 Å². The van der Waals surface area contributed by atoms with E-state index < -0.39 is 11.9 Å². The Kier molecular flexibility index (Phi) is 4.59. The first-order valence-electron chi connectivity index (χ1n) is 6.49. The van der Waals surface area contributed by atoms with Crippen LogP contribution in [0, 0.1) is 0 Å². The standard InChI is InChI=1S/C13H17F3N4/c1-2-7-20-8-4-10(5-9-20)18-12-17-6-3-11(19-12)13(14,15)16/h2-3,6,10H,1,4-5,7-9H2,(H,17,18,19). The van der Waals surface area contributed by atoms with Gasteiger partial charge in [-0.1, -0.05) is 6.08 Å². The zero-order chi connectivity index (χ0) is 14.6. The molecule has 1 saturated heterocycles. The monoisotopic (exact) mass is 286 g/mol. The van der Waals surface area contributed by atoms with Gasteiger partial charge in [-0.3, -0.25) is 4.90 Å². The number of aromatic nitrogens is 2. The summed E-state index contributed by atoms with van der Waals surface area (Å²) in [6.07, 6.45) is 0.252. The molecule has 2 heterocycles. The molecule has 0 bridgehead atoms. The quantitative estimate of drug-likeness (QED) is 0.864. The average molecular weight is 286 g/mol. The Morgan fingerprint density at radius 1 is 1.40 bits per heavy atom. The fourth-order valence-electron chi connectivity index (χ4n) is 2.21. The molecule has 2 rings (SSSR count). The van der Waals surface area contributed by atoms with Gasteiger partial charge in [-0.25, -0.2) is 9.97 Å². The second-order valence-corrected chi connectivity index (χ2v) is 4.77. The SMILES string of the molecule is C=CCN1CCC(Nc2nccc(C(F)(F)F)n2)CC1. The number of hydrogen-bond acceptors (Lipinski definition) is 4. The summed E-state index contributed by atoms with van der Waals surface area (Å²) in [6, 6.07) is 0.984. The molecule has 0 atom stereocenters. The van der Waals surface area contributed by atoms with Crippen molar-refractivity contribution in [1.82, 2.24) is 14.9 Å². The highest BCUT2D eigenvalue weighted by molar-refractivity contribution is 5.27. The fraction of sp³-hybridized carbons (Fsp3) is 0.538. The minimum Gasteiger partial charge on any atom is -0.351 e. The highest BCUT2D eigenvalue weighted by atomic mass is 19.4. The van der Waals surface area contributed by atoms with E-state index >= 15 is 0 Å². The Balaban J connectivity index is 1.93. The normalized spacial score (nSPS) is 17.9. The summed E-state index contributed by atoms with van der Waals surface area (Å²) < 4.78 is 37.6. The van der Waals surface area contributed by atoms with Crippen LogP contribution in [0.4, 0.5) is 19.1 Å². The first-order valence-corrected chi connectivity index (χ1v) is 6.49. The van der Waals surface area contributed by atoms with Crippen molar-refractivity contribution in [2.24, 2.45) is 0 Å². The molecule has 0 aromatic carbocycles. The third-order valence-electron chi connectivity index (χ3n) is 3.25. The van der Waals surface area contributed by atoms with Crippen LogP contribution in [0.25, 0.3) is 0 Å². The lowest BCUT2D eigenvalue weighted by Gasteiger charge is -2.31. The van der Waals surface area contributed by atoms with Crippen molar-refractivity contribution in [3.63, 3.8) is 0 Å². The number of anilines is 1. The van der Waals surface area contributed by atoms with Crippen molar-refractivity contribution in [1.29, 1.82) is 0 Å². The number of rotatable bonds is 4. The van der Waals surface area contributed by atoms with Gasteiger partial charge in [0.15, 0.2) is 0 Å². The molecule has 0 saturated carbocycles. The van der Waals surface area contributed by atoms with Crippen molar-refractivity contribution in [3.8, 4) is 0 Å². The largest absolute Gasteiger partial charge is 0.433 e. The molecule has 1 aromatic rings. The van der Waals surface area contributed by atoms with Crippen LogP contribution in [0.3, 0.4) is 0 Å². The Hall–Kier alpha value is -1.63. The Morgan fingerprint density at radius 2 is 2.10 bits per heavy atom. The Labute approximate surface area is 115 Å². The first-order chi connectivity index (χ1) is 9.49. The third kappa shape index (κ3) is 3.93. The van der Waals surface area contributed by atoms with E-state index in [0.29, 0.717) is 0 Å². The van der Waals surface area contributed by atoms with Crippen molar-refractivity contribution >= 4 is 5.95 Å². The highest BCUT2D eigenvalue weighted by Gasteiger charge is 2.33. The van der Waals surface area contributed by atoms with Crippen LogP contribution in [0.15, 0.2) is 24.9 Å². The number of nitrogens with zero attached hydrogens (tertiary/aromatic N) is 3. The van der Waals surface area contributed by atoms with Gasteiger partial charge in [0.1, 0.15) is 5.69 Å². The smallest absolute Gasteiger partial charge is 0.351 e. The minimum atomic E-state index is -4.44. The van der Waals surface area contributed by atoms with Crippen LogP contribution in [0.2, 0.25) is 0 Å². The second-order valence-electron chi connectivity index (χ2n) is 4.77. The number of nitrogens with one attached hydrogen (secondary N) is 1. The van der Waals surface area contributed by atoms with E-state index in [2.05, 4.69) is 26.8 Å². The molecule has 0 aliphatic carbocycles. The summed E-state index contributed by atoms with van der Waals surface area (Å²) in [7, 11) is 0. The van der Waals surface area contributed by atoms with Gasteiger partial charge in [0.05, 0.1) is 0 Å². The Morgan fingerprint density at radius 3 is 2.70 bits per heavy atom. The van der Waals surface area contributed by atoms with Crippen LogP contribution in [0.5, 0.6) is 0 Å². The lowest BCUT2D eigenvalue weighted by molar-refractivity contribution is -0.141. The number of halogens is 3. The van der Waals surface area contributed by atoms with Gasteiger partial charge in [0.2, 0.25) is 5.95 Å². The molecule has 7 heteroatoms. The topological polar surface area (TPSA) is 41.0 Å². The number of piperidine rings is 1. The maximum absolute atomic E-state index is 12.5. The van der Waals surface area contributed by atoms with Gasteiger partial charge in [-0.05, 0) is 18.9 Å². The molecule has 1 N–H and O–H groups in total. The number of hydrogen-bond donors (Lipinski definition) is 1. The maximum Gasteiger partial charge on any atom is 0.433 e. The minimum absolute atomic E-state index is 0.0435. The molecular formula is C13H17F3N4. The van der Waals surface area contributed by atoms with E-state index in [4.69, 9.17) is 0 Å². The predicted octanol–water partition coefficient (Wildman–Crippen LogP) is 2.56. The molecule has 0 radical (unpaired) electrons. The molecule has 1 fully saturated rings. The van der Waals surface area contributed by atoms with E-state index in [0.717, 1.165) is 44.7 Å². The van der Waals surface area contributed by atoms with Gasteiger partial charge in [0, 0.05) is 31.9 Å². The van der Waals surface area contributed by atoms with E-state index in [-0.39, 0.29) is 12.0 Å². The van der Waals surface area contributed by atoms with Gasteiger partial charge in [-0.2, -0.15) is 13.2 Å². The summed E-state index contributed by atoms with van der Waals surface area (Å²) in [5.74, 6) is 0.0435. The van der Waals surface area contributed by atoms with Crippen LogP contribution in [-0.2, 0) is 6.18 Å². The third-order valence-corrected chi connectivity index (χ3v) is 3.25. The molecule has 1 aliphatic rings. The lowest BCUT2D eigenvalue weighted by atomic mass is 10.1. The second kappa shape index (κ2) is 6.21. The lowest BCUT2D eigenvalue weighted by Crippen LogP contribution is -2.39. The van der Waals surface area contributed by atoms with Gasteiger partial charge >= 0.3 is 6.18 Å². The van der Waals surface area contributed by atoms with Gasteiger partial charge < -0.3 is 5.32 Å². The van der Waals surface area contributed by atoms with Crippen LogP contribution in [0.1, 0.15) is 18.5 Å². The predicted molar refractivity (Wildman–Crippen MR) is 70.3 cm³/mol. The van der Waals surface area contributed by atoms with Gasteiger partial charge in [-0.15, -0.1) is 6.58 Å². The summed E-state index contributed by atoms with van der Waals surface area (Å²) in [6.45, 7) is 6.31. The van der Waals surface area contributed by atoms with E-state index in [9.17, 15) is 13.2 Å². The fourth-order valence-corrected chi connectivity index (χ4v) is 2.21. The number of likely N-dealkylation sites (tertiary alicyclic amines) is 1. The zero-order valence-corrected chi connectivity index (χ0v) is 11.0. The average Bonchev–Trinajstić information content (AvgIpc) is 2.41. The van der Waals surface area contributed by atoms with E-state index in [1.165, 1.54) is 0 Å². The molecule has 0 spiro atoms. The molecule has 1 aromatic heterocycles. The molecule has 1 aliphatic heterocycles. The Bertz CT molecular complexity index is 453. The molecular weight excluding hydrogens is 269 g/mol. The van der Waals surface area contributed by atoms with Crippen molar-refractivity contribution in [2.75, 3.05) is 25.0 Å². The maximum atomic E-state index is 12.5. The summed E-state index contributed by atoms with van der Waals surface area (Å²) >= 11 is 0. The summed E-state index contributed by atoms with van der Waals surface area (Å²) in [5, 5.41) is 2.98. The van der Waals surface area contributed by atoms with Crippen molar-refractivity contribution < 1.29 is 13.2 Å². The van der Waals surface area contributed by atoms with E-state index in [1.807, 2.05) is 6.08 Å². The van der Waals surface area contributed by atoms with Crippen LogP contribution >= 0.6 is 0 Å². The summed E-state index contributed by atoms with van der Waals surface area (Å²) in [5.41, 5.74) is -0.918. The summed E-state index contributed by atoms with van der Waals surface area (Å²) in [4.78, 5) is 9.62.